The topological polar surface area (TPSA) is 37.4 Å². The fourth-order valence-corrected chi connectivity index (χ4v) is 1.41. The summed E-state index contributed by atoms with van der Waals surface area (Å²) >= 11 is 0. The molecule has 0 N–H and O–H groups in total. The van der Waals surface area contributed by atoms with Gasteiger partial charge in [0.1, 0.15) is 0 Å². The smallest absolute Gasteiger partial charge is 0.261 e. The minimum Gasteiger partial charge on any atom is -0.269 e. The lowest BCUT2D eigenvalue weighted by Crippen LogP contribution is -2.30. The fourth-order valence-electron chi connectivity index (χ4n) is 1.41. The Morgan fingerprint density at radius 2 is 1.56 bits per heavy atom. The van der Waals surface area contributed by atoms with Crippen molar-refractivity contribution in [1.82, 2.24) is 0 Å². The normalized spacial score (nSPS) is 14.4. The van der Waals surface area contributed by atoms with E-state index in [1.165, 1.54) is 11.0 Å². The van der Waals surface area contributed by atoms with Gasteiger partial charge in [0.05, 0.1) is 5.69 Å². The molecule has 1 heterocycles. The van der Waals surface area contributed by atoms with Crippen LogP contribution in [0.2, 0.25) is 0 Å². The molecule has 0 aromatic heterocycles. The number of anilines is 1. The maximum absolute atomic E-state index is 11.6. The van der Waals surface area contributed by atoms with Crippen molar-refractivity contribution in [3.05, 3.63) is 42.0 Å². The van der Waals surface area contributed by atoms with Gasteiger partial charge in [0.15, 0.2) is 0 Å². The number of hydrogen-bond acceptors (Lipinski definition) is 2. The third kappa shape index (κ3) is 2.19. The number of imide groups is 1. The first kappa shape index (κ1) is 12.2. The first-order valence-corrected chi connectivity index (χ1v) is 5.32. The van der Waals surface area contributed by atoms with E-state index in [9.17, 15) is 9.59 Å². The van der Waals surface area contributed by atoms with Crippen molar-refractivity contribution in [1.29, 1.82) is 0 Å². The van der Waals surface area contributed by atoms with Crippen molar-refractivity contribution in [3.8, 4) is 0 Å². The molecule has 0 spiro atoms. The molecule has 0 fully saturated rings. The van der Waals surface area contributed by atoms with Gasteiger partial charge >= 0.3 is 0 Å². The molecule has 2 rings (SSSR count). The van der Waals surface area contributed by atoms with Crippen molar-refractivity contribution in [3.63, 3.8) is 0 Å². The zero-order valence-electron chi connectivity index (χ0n) is 9.73. The van der Waals surface area contributed by atoms with Crippen LogP contribution < -0.4 is 4.90 Å². The summed E-state index contributed by atoms with van der Waals surface area (Å²) in [7, 11) is 0. The van der Waals surface area contributed by atoms with Crippen LogP contribution in [0.1, 0.15) is 20.8 Å². The van der Waals surface area contributed by atoms with E-state index in [0.717, 1.165) is 0 Å². The van der Waals surface area contributed by atoms with Crippen molar-refractivity contribution in [2.24, 2.45) is 0 Å². The highest BCUT2D eigenvalue weighted by Crippen LogP contribution is 2.21. The van der Waals surface area contributed by atoms with Gasteiger partial charge < -0.3 is 0 Å². The van der Waals surface area contributed by atoms with Crippen molar-refractivity contribution >= 4 is 17.5 Å². The Morgan fingerprint density at radius 3 is 2.00 bits per heavy atom. The summed E-state index contributed by atoms with van der Waals surface area (Å²) in [5.74, 6) is -0.500. The molecule has 0 saturated heterocycles. The summed E-state index contributed by atoms with van der Waals surface area (Å²) in [6, 6.07) is 8.91. The average molecular weight is 217 g/mol. The Hall–Kier alpha value is -1.90. The molecular formula is C13H15NO2. The fraction of sp³-hybridized carbons (Fsp3) is 0.231. The molecule has 0 bridgehead atoms. The molecule has 16 heavy (non-hydrogen) atoms. The number of carbonyl (C=O) groups excluding carboxylic acids is 2. The van der Waals surface area contributed by atoms with Crippen molar-refractivity contribution < 1.29 is 9.59 Å². The van der Waals surface area contributed by atoms with Gasteiger partial charge in [-0.15, -0.1) is 0 Å². The van der Waals surface area contributed by atoms with E-state index in [1.54, 1.807) is 31.2 Å². The summed E-state index contributed by atoms with van der Waals surface area (Å²) in [5, 5.41) is 0. The van der Waals surface area contributed by atoms with Gasteiger partial charge in [-0.1, -0.05) is 32.0 Å². The maximum atomic E-state index is 11.6. The van der Waals surface area contributed by atoms with E-state index in [0.29, 0.717) is 11.3 Å². The highest BCUT2D eigenvalue weighted by molar-refractivity contribution is 6.30. The average Bonchev–Trinajstić information content (AvgIpc) is 2.57. The standard InChI is InChI=1S/C11H9NO2.C2H6/c1-8-7-10(13)12(11(8)14)9-5-3-2-4-6-9;1-2/h2-7H,1H3;1-2H3. The molecule has 0 radical (unpaired) electrons. The van der Waals surface area contributed by atoms with E-state index in [1.807, 2.05) is 19.9 Å². The monoisotopic (exact) mass is 217 g/mol. The molecule has 1 aromatic carbocycles. The lowest BCUT2D eigenvalue weighted by Gasteiger charge is -2.13. The van der Waals surface area contributed by atoms with E-state index in [2.05, 4.69) is 0 Å². The molecule has 1 aliphatic heterocycles. The first-order chi connectivity index (χ1) is 7.70. The molecule has 3 nitrogen and oxygen atoms in total. The zero-order valence-corrected chi connectivity index (χ0v) is 9.73. The molecule has 0 unspecified atom stereocenters. The van der Waals surface area contributed by atoms with Crippen LogP contribution in [0, 0.1) is 0 Å². The Kier molecular flexibility index (Phi) is 4.00. The SMILES string of the molecule is CC.CC1=CC(=O)N(c2ccccc2)C1=O. The molecule has 84 valence electrons. The van der Waals surface area contributed by atoms with E-state index in [4.69, 9.17) is 0 Å². The second-order valence-electron chi connectivity index (χ2n) is 3.14. The second-order valence-corrected chi connectivity index (χ2v) is 3.14. The second kappa shape index (κ2) is 5.26. The van der Waals surface area contributed by atoms with E-state index < -0.39 is 0 Å². The van der Waals surface area contributed by atoms with Crippen LogP contribution >= 0.6 is 0 Å². The molecule has 2 amide bonds. The van der Waals surface area contributed by atoms with Gasteiger partial charge in [-0.25, -0.2) is 4.90 Å². The van der Waals surface area contributed by atoms with Gasteiger partial charge in [0.25, 0.3) is 11.8 Å². The number of benzene rings is 1. The van der Waals surface area contributed by atoms with Gasteiger partial charge in [0.2, 0.25) is 0 Å². The number of carbonyl (C=O) groups is 2. The lowest BCUT2D eigenvalue weighted by atomic mass is 10.3. The summed E-state index contributed by atoms with van der Waals surface area (Å²) in [6.45, 7) is 5.64. The summed E-state index contributed by atoms with van der Waals surface area (Å²) in [4.78, 5) is 24.2. The Balaban J connectivity index is 0.000000606. The summed E-state index contributed by atoms with van der Waals surface area (Å²) in [5.41, 5.74) is 1.11. The maximum Gasteiger partial charge on any atom is 0.261 e. The number of para-hydroxylation sites is 1. The number of amides is 2. The molecule has 1 aliphatic rings. The van der Waals surface area contributed by atoms with Gasteiger partial charge in [-0.3, -0.25) is 9.59 Å². The quantitative estimate of drug-likeness (QED) is 0.678. The minimum absolute atomic E-state index is 0.235. The van der Waals surface area contributed by atoms with Gasteiger partial charge in [-0.2, -0.15) is 0 Å². The number of rotatable bonds is 1. The molecule has 0 aliphatic carbocycles. The zero-order chi connectivity index (χ0) is 12.1. The van der Waals surface area contributed by atoms with Crippen LogP contribution in [-0.4, -0.2) is 11.8 Å². The molecule has 0 saturated carbocycles. The largest absolute Gasteiger partial charge is 0.269 e. The predicted octanol–water partition coefficient (Wildman–Crippen LogP) is 2.53. The summed E-state index contributed by atoms with van der Waals surface area (Å²) < 4.78 is 0. The third-order valence-electron chi connectivity index (χ3n) is 2.12. The van der Waals surface area contributed by atoms with Crippen LogP contribution in [0.25, 0.3) is 0 Å². The van der Waals surface area contributed by atoms with E-state index in [-0.39, 0.29) is 11.8 Å². The number of nitrogens with zero attached hydrogens (tertiary/aromatic N) is 1. The Morgan fingerprint density at radius 1 is 1.00 bits per heavy atom. The Labute approximate surface area is 95.4 Å². The van der Waals surface area contributed by atoms with Gasteiger partial charge in [0, 0.05) is 11.6 Å². The van der Waals surface area contributed by atoms with Crippen LogP contribution in [0.5, 0.6) is 0 Å². The summed E-state index contributed by atoms with van der Waals surface area (Å²) in [6.07, 6.45) is 1.36. The van der Waals surface area contributed by atoms with Crippen LogP contribution in [0.15, 0.2) is 42.0 Å². The molecule has 0 atom stereocenters. The predicted molar refractivity (Wildman–Crippen MR) is 64.0 cm³/mol. The van der Waals surface area contributed by atoms with E-state index >= 15 is 0 Å². The lowest BCUT2D eigenvalue weighted by molar-refractivity contribution is -0.120. The molecule has 3 heteroatoms. The van der Waals surface area contributed by atoms with Crippen molar-refractivity contribution in [2.75, 3.05) is 4.90 Å². The highest BCUT2D eigenvalue weighted by atomic mass is 16.2. The van der Waals surface area contributed by atoms with Crippen LogP contribution in [-0.2, 0) is 9.59 Å². The molecule has 1 aromatic rings. The molecular weight excluding hydrogens is 202 g/mol. The minimum atomic E-state index is -0.265. The highest BCUT2D eigenvalue weighted by Gasteiger charge is 2.29. The van der Waals surface area contributed by atoms with Gasteiger partial charge in [-0.05, 0) is 19.1 Å². The van der Waals surface area contributed by atoms with Crippen LogP contribution in [0.3, 0.4) is 0 Å². The first-order valence-electron chi connectivity index (χ1n) is 5.32. The number of hydrogen-bond donors (Lipinski definition) is 0. The Bertz CT molecular complexity index is 421. The third-order valence-corrected chi connectivity index (χ3v) is 2.12. The van der Waals surface area contributed by atoms with Crippen molar-refractivity contribution in [2.45, 2.75) is 20.8 Å². The van der Waals surface area contributed by atoms with Crippen LogP contribution in [0.4, 0.5) is 5.69 Å².